The first-order valence-electron chi connectivity index (χ1n) is 5.29. The first kappa shape index (κ1) is 16.1. The van der Waals surface area contributed by atoms with E-state index < -0.39 is 23.6 Å². The molecule has 0 fully saturated rings. The van der Waals surface area contributed by atoms with Gasteiger partial charge in [0.2, 0.25) is 0 Å². The minimum absolute atomic E-state index is 0.152. The predicted molar refractivity (Wildman–Crippen MR) is 60.1 cm³/mol. The van der Waals surface area contributed by atoms with Crippen LogP contribution >= 0.6 is 11.6 Å². The van der Waals surface area contributed by atoms with Gasteiger partial charge in [0, 0.05) is 0 Å². The summed E-state index contributed by atoms with van der Waals surface area (Å²) in [5.74, 6) is -3.58. The minimum Gasteiger partial charge on any atom is -0.170 e. The molecule has 19 heavy (non-hydrogen) atoms. The molecule has 0 aliphatic rings. The van der Waals surface area contributed by atoms with Crippen LogP contribution < -0.4 is 0 Å². The Kier molecular flexibility index (Phi) is 4.44. The average molecular weight is 305 g/mol. The van der Waals surface area contributed by atoms with Crippen LogP contribution in [0.1, 0.15) is 22.1 Å². The Morgan fingerprint density at radius 3 is 1.84 bits per heavy atom. The highest BCUT2D eigenvalue weighted by atomic mass is 35.5. The van der Waals surface area contributed by atoms with Crippen LogP contribution in [0.15, 0.2) is 18.2 Å². The quantitative estimate of drug-likeness (QED) is 0.512. The zero-order chi connectivity index (χ0) is 15.0. The van der Waals surface area contributed by atoms with Crippen LogP contribution in [0.3, 0.4) is 0 Å². The van der Waals surface area contributed by atoms with E-state index in [9.17, 15) is 26.3 Å². The lowest BCUT2D eigenvalue weighted by atomic mass is 9.93. The van der Waals surface area contributed by atoms with E-state index in [0.717, 1.165) is 0 Å². The fourth-order valence-corrected chi connectivity index (χ4v) is 2.27. The average Bonchev–Trinajstić information content (AvgIpc) is 2.17. The molecule has 0 saturated heterocycles. The van der Waals surface area contributed by atoms with Gasteiger partial charge < -0.3 is 0 Å². The SMILES string of the molecule is Cc1ccc(C)c(C(Cl)C(C(F)(F)F)C(F)(F)F)c1. The van der Waals surface area contributed by atoms with Crippen molar-refractivity contribution in [2.75, 3.05) is 0 Å². The molecule has 0 amide bonds. The van der Waals surface area contributed by atoms with Crippen LogP contribution in [-0.4, -0.2) is 12.4 Å². The second kappa shape index (κ2) is 5.23. The molecule has 0 N–H and O–H groups in total. The number of alkyl halides is 7. The van der Waals surface area contributed by atoms with E-state index in [2.05, 4.69) is 0 Å². The maximum atomic E-state index is 12.6. The van der Waals surface area contributed by atoms with Crippen molar-refractivity contribution in [3.8, 4) is 0 Å². The molecule has 1 rings (SSSR count). The summed E-state index contributed by atoms with van der Waals surface area (Å²) in [7, 11) is 0. The van der Waals surface area contributed by atoms with Crippen molar-refractivity contribution in [2.45, 2.75) is 31.6 Å². The van der Waals surface area contributed by atoms with E-state index >= 15 is 0 Å². The van der Waals surface area contributed by atoms with Crippen LogP contribution in [0.2, 0.25) is 0 Å². The summed E-state index contributed by atoms with van der Waals surface area (Å²) >= 11 is 5.48. The molecule has 1 aromatic carbocycles. The van der Waals surface area contributed by atoms with Gasteiger partial charge in [0.05, 0.1) is 5.38 Å². The molecule has 0 aromatic heterocycles. The molecule has 0 radical (unpaired) electrons. The molecular formula is C12H11ClF6. The molecule has 0 nitrogen and oxygen atoms in total. The van der Waals surface area contributed by atoms with E-state index in [1.807, 2.05) is 0 Å². The van der Waals surface area contributed by atoms with Crippen LogP contribution in [0.4, 0.5) is 26.3 Å². The van der Waals surface area contributed by atoms with Gasteiger partial charge in [0.25, 0.3) is 0 Å². The van der Waals surface area contributed by atoms with E-state index in [-0.39, 0.29) is 5.56 Å². The molecule has 0 spiro atoms. The first-order valence-corrected chi connectivity index (χ1v) is 5.73. The van der Waals surface area contributed by atoms with E-state index in [1.54, 1.807) is 13.0 Å². The number of halogens is 7. The van der Waals surface area contributed by atoms with Gasteiger partial charge >= 0.3 is 12.4 Å². The summed E-state index contributed by atoms with van der Waals surface area (Å²) in [6.07, 6.45) is -10.9. The lowest BCUT2D eigenvalue weighted by Gasteiger charge is -2.28. The second-order valence-corrected chi connectivity index (χ2v) is 4.79. The molecule has 0 heterocycles. The summed E-state index contributed by atoms with van der Waals surface area (Å²) in [4.78, 5) is 0. The van der Waals surface area contributed by atoms with Gasteiger partial charge in [0.1, 0.15) is 0 Å². The van der Waals surface area contributed by atoms with Gasteiger partial charge in [-0.05, 0) is 25.0 Å². The molecule has 7 heteroatoms. The number of aryl methyl sites for hydroxylation is 2. The van der Waals surface area contributed by atoms with Crippen molar-refractivity contribution in [3.05, 3.63) is 34.9 Å². The lowest BCUT2D eigenvalue weighted by Crippen LogP contribution is -2.39. The van der Waals surface area contributed by atoms with Gasteiger partial charge in [-0.2, -0.15) is 26.3 Å². The van der Waals surface area contributed by atoms with Crippen molar-refractivity contribution < 1.29 is 26.3 Å². The van der Waals surface area contributed by atoms with Gasteiger partial charge in [-0.15, -0.1) is 11.6 Å². The molecule has 108 valence electrons. The Balaban J connectivity index is 3.28. The Morgan fingerprint density at radius 2 is 1.42 bits per heavy atom. The minimum atomic E-state index is -5.44. The number of hydrogen-bond donors (Lipinski definition) is 0. The standard InChI is InChI=1S/C12H11ClF6/c1-6-3-4-7(2)8(5-6)9(13)10(11(14,15)16)12(17,18)19/h3-5,9-10H,1-2H3. The van der Waals surface area contributed by atoms with Crippen molar-refractivity contribution in [3.63, 3.8) is 0 Å². The van der Waals surface area contributed by atoms with Gasteiger partial charge in [-0.25, -0.2) is 0 Å². The zero-order valence-corrected chi connectivity index (χ0v) is 10.8. The largest absolute Gasteiger partial charge is 0.402 e. The number of benzene rings is 1. The van der Waals surface area contributed by atoms with E-state index in [1.165, 1.54) is 19.1 Å². The maximum absolute atomic E-state index is 12.6. The topological polar surface area (TPSA) is 0 Å². The smallest absolute Gasteiger partial charge is 0.170 e. The molecular weight excluding hydrogens is 294 g/mol. The first-order chi connectivity index (χ1) is 8.44. The van der Waals surface area contributed by atoms with Crippen molar-refractivity contribution in [2.24, 2.45) is 5.92 Å². The highest BCUT2D eigenvalue weighted by molar-refractivity contribution is 6.21. The van der Waals surface area contributed by atoms with Gasteiger partial charge in [0.15, 0.2) is 5.92 Å². The van der Waals surface area contributed by atoms with Crippen molar-refractivity contribution in [1.82, 2.24) is 0 Å². The Labute approximate surface area is 111 Å². The van der Waals surface area contributed by atoms with E-state index in [0.29, 0.717) is 11.1 Å². The monoisotopic (exact) mass is 304 g/mol. The molecule has 1 atom stereocenters. The lowest BCUT2D eigenvalue weighted by molar-refractivity contribution is -0.284. The maximum Gasteiger partial charge on any atom is 0.402 e. The Morgan fingerprint density at radius 1 is 0.947 bits per heavy atom. The third-order valence-electron chi connectivity index (χ3n) is 2.73. The Bertz CT molecular complexity index is 435. The number of hydrogen-bond acceptors (Lipinski definition) is 0. The third kappa shape index (κ3) is 3.78. The van der Waals surface area contributed by atoms with Crippen molar-refractivity contribution >= 4 is 11.6 Å². The van der Waals surface area contributed by atoms with Gasteiger partial charge in [-0.3, -0.25) is 0 Å². The summed E-state index contributed by atoms with van der Waals surface area (Å²) in [5, 5.41) is -2.19. The van der Waals surface area contributed by atoms with Crippen LogP contribution in [0.5, 0.6) is 0 Å². The molecule has 1 unspecified atom stereocenters. The van der Waals surface area contributed by atoms with Crippen LogP contribution in [0, 0.1) is 19.8 Å². The summed E-state index contributed by atoms with van der Waals surface area (Å²) in [6, 6.07) is 4.29. The normalized spacial score (nSPS) is 14.8. The molecule has 0 saturated carbocycles. The molecule has 0 aliphatic carbocycles. The third-order valence-corrected chi connectivity index (χ3v) is 3.22. The summed E-state index contributed by atoms with van der Waals surface area (Å²) in [6.45, 7) is 3.00. The molecule has 0 aliphatic heterocycles. The van der Waals surface area contributed by atoms with Crippen LogP contribution in [-0.2, 0) is 0 Å². The second-order valence-electron chi connectivity index (χ2n) is 4.32. The Hall–Kier alpha value is -0.910. The summed E-state index contributed by atoms with van der Waals surface area (Å²) < 4.78 is 75.5. The van der Waals surface area contributed by atoms with Crippen molar-refractivity contribution in [1.29, 1.82) is 0 Å². The summed E-state index contributed by atoms with van der Waals surface area (Å²) in [5.41, 5.74) is 0.694. The van der Waals surface area contributed by atoms with Crippen LogP contribution in [0.25, 0.3) is 0 Å². The highest BCUT2D eigenvalue weighted by Gasteiger charge is 2.60. The zero-order valence-electron chi connectivity index (χ0n) is 10.0. The number of rotatable bonds is 2. The fraction of sp³-hybridized carbons (Fsp3) is 0.500. The highest BCUT2D eigenvalue weighted by Crippen LogP contribution is 2.49. The molecule has 0 bridgehead atoms. The fourth-order valence-electron chi connectivity index (χ4n) is 1.75. The predicted octanol–water partition coefficient (Wildman–Crippen LogP) is 5.32. The van der Waals surface area contributed by atoms with Gasteiger partial charge in [-0.1, -0.05) is 23.8 Å². The molecule has 1 aromatic rings. The van der Waals surface area contributed by atoms with E-state index in [4.69, 9.17) is 11.6 Å².